The van der Waals surface area contributed by atoms with Crippen LogP contribution >= 0.6 is 22.7 Å². The first-order valence-electron chi connectivity index (χ1n) is 8.39. The summed E-state index contributed by atoms with van der Waals surface area (Å²) in [5.74, 6) is -0.651. The highest BCUT2D eigenvalue weighted by Crippen LogP contribution is 2.37. The van der Waals surface area contributed by atoms with Crippen molar-refractivity contribution in [3.63, 3.8) is 0 Å². The average Bonchev–Trinajstić information content (AvgIpc) is 3.17. The van der Waals surface area contributed by atoms with E-state index in [0.29, 0.717) is 22.3 Å². The maximum absolute atomic E-state index is 12.7. The largest absolute Gasteiger partial charge is 0.466 e. The van der Waals surface area contributed by atoms with Crippen molar-refractivity contribution in [1.29, 1.82) is 0 Å². The van der Waals surface area contributed by atoms with Crippen LogP contribution in [-0.2, 0) is 16.0 Å². The van der Waals surface area contributed by atoms with Crippen molar-refractivity contribution in [3.05, 3.63) is 32.8 Å². The Bertz CT molecular complexity index is 1040. The fourth-order valence-corrected chi connectivity index (χ4v) is 4.58. The van der Waals surface area contributed by atoms with Crippen LogP contribution in [0.3, 0.4) is 0 Å². The number of nitrogens with one attached hydrogen (secondary N) is 1. The number of pyridine rings is 1. The van der Waals surface area contributed by atoms with Crippen LogP contribution in [0.2, 0.25) is 0 Å². The van der Waals surface area contributed by atoms with Crippen LogP contribution < -0.4 is 11.1 Å². The Morgan fingerprint density at radius 1 is 1.22 bits per heavy atom. The van der Waals surface area contributed by atoms with Gasteiger partial charge in [0.1, 0.15) is 9.71 Å². The molecule has 0 aromatic carbocycles. The van der Waals surface area contributed by atoms with Crippen molar-refractivity contribution < 1.29 is 14.3 Å². The average molecular weight is 405 g/mol. The molecule has 0 saturated heterocycles. The zero-order valence-electron chi connectivity index (χ0n) is 15.5. The van der Waals surface area contributed by atoms with Gasteiger partial charge in [-0.15, -0.1) is 22.7 Å². The van der Waals surface area contributed by atoms with Gasteiger partial charge in [-0.05, 0) is 38.8 Å². The van der Waals surface area contributed by atoms with Crippen molar-refractivity contribution in [2.24, 2.45) is 0 Å². The van der Waals surface area contributed by atoms with Gasteiger partial charge in [0.25, 0.3) is 5.91 Å². The van der Waals surface area contributed by atoms with E-state index in [4.69, 9.17) is 10.5 Å². The first-order valence-corrected chi connectivity index (χ1v) is 10.0. The van der Waals surface area contributed by atoms with Crippen LogP contribution in [0.15, 0.2) is 6.20 Å². The number of thiazole rings is 1. The van der Waals surface area contributed by atoms with Gasteiger partial charge in [0.2, 0.25) is 0 Å². The van der Waals surface area contributed by atoms with E-state index in [9.17, 15) is 9.59 Å². The Hall–Kier alpha value is -2.52. The molecule has 0 aliphatic carbocycles. The molecular weight excluding hydrogens is 384 g/mol. The highest BCUT2D eigenvalue weighted by Gasteiger charge is 2.21. The smallest absolute Gasteiger partial charge is 0.311 e. The molecule has 3 rings (SSSR count). The van der Waals surface area contributed by atoms with E-state index in [1.807, 2.05) is 20.8 Å². The molecule has 0 aliphatic heterocycles. The van der Waals surface area contributed by atoms with Crippen molar-refractivity contribution in [3.8, 4) is 0 Å². The Kier molecular flexibility index (Phi) is 5.43. The number of fused-ring (bicyclic) bond motifs is 1. The molecule has 7 nitrogen and oxygen atoms in total. The fraction of sp³-hybridized carbons (Fsp3) is 0.333. The monoisotopic (exact) mass is 404 g/mol. The number of aryl methyl sites for hydroxylation is 2. The number of esters is 1. The molecule has 3 N–H and O–H groups in total. The topological polar surface area (TPSA) is 107 Å². The predicted molar refractivity (Wildman–Crippen MR) is 109 cm³/mol. The third kappa shape index (κ3) is 3.79. The van der Waals surface area contributed by atoms with Crippen molar-refractivity contribution >= 4 is 55.6 Å². The molecular formula is C18H20N4O3S2. The van der Waals surface area contributed by atoms with E-state index in [0.717, 1.165) is 31.9 Å². The molecule has 142 valence electrons. The summed E-state index contributed by atoms with van der Waals surface area (Å²) in [6, 6.07) is 0. The molecule has 0 bridgehead atoms. The minimum atomic E-state index is -0.331. The van der Waals surface area contributed by atoms with Crippen molar-refractivity contribution in [2.75, 3.05) is 17.7 Å². The second-order valence-electron chi connectivity index (χ2n) is 6.04. The highest BCUT2D eigenvalue weighted by atomic mass is 32.1. The summed E-state index contributed by atoms with van der Waals surface area (Å²) in [7, 11) is 0. The van der Waals surface area contributed by atoms with E-state index >= 15 is 0 Å². The number of anilines is 2. The van der Waals surface area contributed by atoms with E-state index in [1.165, 1.54) is 22.7 Å². The van der Waals surface area contributed by atoms with Gasteiger partial charge >= 0.3 is 5.97 Å². The Labute approximate surface area is 164 Å². The zero-order valence-corrected chi connectivity index (χ0v) is 17.1. The highest BCUT2D eigenvalue weighted by molar-refractivity contribution is 7.21. The molecule has 27 heavy (non-hydrogen) atoms. The van der Waals surface area contributed by atoms with Gasteiger partial charge in [0, 0.05) is 22.2 Å². The molecule has 0 atom stereocenters. The third-order valence-electron chi connectivity index (χ3n) is 4.28. The quantitative estimate of drug-likeness (QED) is 0.629. The number of ether oxygens (including phenoxy) is 1. The number of nitrogens with two attached hydrogens (primary N) is 1. The molecule has 0 saturated carbocycles. The zero-order chi connectivity index (χ0) is 19.7. The SMILES string of the molecule is CCOC(=O)Cc1cnc(NC(=O)c2sc3nc(C)c(C)c(C)c3c2N)s1. The Balaban J connectivity index is 1.83. The molecule has 3 aromatic rings. The summed E-state index contributed by atoms with van der Waals surface area (Å²) >= 11 is 2.50. The Morgan fingerprint density at radius 3 is 2.67 bits per heavy atom. The van der Waals surface area contributed by atoms with Gasteiger partial charge < -0.3 is 10.5 Å². The lowest BCUT2D eigenvalue weighted by Crippen LogP contribution is -2.11. The fourth-order valence-electron chi connectivity index (χ4n) is 2.69. The number of hydrogen-bond donors (Lipinski definition) is 2. The number of hydrogen-bond acceptors (Lipinski definition) is 8. The van der Waals surface area contributed by atoms with Gasteiger partial charge in [0.15, 0.2) is 5.13 Å². The van der Waals surface area contributed by atoms with E-state index in [2.05, 4.69) is 15.3 Å². The van der Waals surface area contributed by atoms with Crippen LogP contribution in [0.1, 0.15) is 38.3 Å². The molecule has 1 amide bonds. The minimum Gasteiger partial charge on any atom is -0.466 e. The second kappa shape index (κ2) is 7.61. The number of carbonyl (C=O) groups is 2. The number of carbonyl (C=O) groups excluding carboxylic acids is 2. The second-order valence-corrected chi connectivity index (χ2v) is 8.15. The lowest BCUT2D eigenvalue weighted by molar-refractivity contribution is -0.142. The van der Waals surface area contributed by atoms with Gasteiger partial charge in [-0.2, -0.15) is 0 Å². The van der Waals surface area contributed by atoms with E-state index < -0.39 is 0 Å². The van der Waals surface area contributed by atoms with Gasteiger partial charge in [-0.3, -0.25) is 14.9 Å². The van der Waals surface area contributed by atoms with Gasteiger partial charge in [-0.25, -0.2) is 9.97 Å². The summed E-state index contributed by atoms with van der Waals surface area (Å²) in [6.07, 6.45) is 1.69. The standard InChI is InChI=1S/C18H20N4O3S2/c1-5-25-12(23)6-11-7-20-18(26-11)22-16(24)15-14(19)13-9(3)8(2)10(4)21-17(13)27-15/h7H,5-6,19H2,1-4H3,(H,20,22,24). The molecule has 9 heteroatoms. The molecule has 3 aromatic heterocycles. The van der Waals surface area contributed by atoms with E-state index in [1.54, 1.807) is 13.1 Å². The summed E-state index contributed by atoms with van der Waals surface area (Å²) < 4.78 is 4.92. The Morgan fingerprint density at radius 2 is 1.96 bits per heavy atom. The summed E-state index contributed by atoms with van der Waals surface area (Å²) in [4.78, 5) is 34.8. The first-order chi connectivity index (χ1) is 12.8. The van der Waals surface area contributed by atoms with Crippen LogP contribution in [0, 0.1) is 20.8 Å². The molecule has 3 heterocycles. The molecule has 0 radical (unpaired) electrons. The van der Waals surface area contributed by atoms with Crippen LogP contribution in [0.25, 0.3) is 10.2 Å². The van der Waals surface area contributed by atoms with Crippen LogP contribution in [0.4, 0.5) is 10.8 Å². The number of nitrogen functional groups attached to an aromatic ring is 1. The molecule has 0 unspecified atom stereocenters. The number of aromatic nitrogens is 2. The van der Waals surface area contributed by atoms with Gasteiger partial charge in [0.05, 0.1) is 18.7 Å². The molecule has 0 fully saturated rings. The number of rotatable bonds is 5. The normalized spacial score (nSPS) is 11.0. The van der Waals surface area contributed by atoms with Crippen LogP contribution in [-0.4, -0.2) is 28.5 Å². The third-order valence-corrected chi connectivity index (χ3v) is 6.29. The predicted octanol–water partition coefficient (Wildman–Crippen LogP) is 3.62. The number of nitrogens with zero attached hydrogens (tertiary/aromatic N) is 2. The summed E-state index contributed by atoms with van der Waals surface area (Å²) in [5.41, 5.74) is 9.72. The molecule has 0 spiro atoms. The maximum atomic E-state index is 12.7. The lowest BCUT2D eigenvalue weighted by atomic mass is 10.1. The molecule has 0 aliphatic rings. The van der Waals surface area contributed by atoms with Crippen molar-refractivity contribution in [2.45, 2.75) is 34.1 Å². The lowest BCUT2D eigenvalue weighted by Gasteiger charge is -2.05. The van der Waals surface area contributed by atoms with E-state index in [-0.39, 0.29) is 18.3 Å². The summed E-state index contributed by atoms with van der Waals surface area (Å²) in [5, 5.41) is 3.99. The minimum absolute atomic E-state index is 0.133. The van der Waals surface area contributed by atoms with Crippen LogP contribution in [0.5, 0.6) is 0 Å². The number of amides is 1. The van der Waals surface area contributed by atoms with Gasteiger partial charge in [-0.1, -0.05) is 0 Å². The number of thiophene rings is 1. The van der Waals surface area contributed by atoms with Crippen molar-refractivity contribution in [1.82, 2.24) is 9.97 Å². The summed E-state index contributed by atoms with van der Waals surface area (Å²) in [6.45, 7) is 8.01. The maximum Gasteiger partial charge on any atom is 0.311 e. The first kappa shape index (κ1) is 19.2.